The summed E-state index contributed by atoms with van der Waals surface area (Å²) in [6.45, 7) is 4.36. The molecule has 0 spiro atoms. The Morgan fingerprint density at radius 2 is 1.40 bits per heavy atom. The van der Waals surface area contributed by atoms with Gasteiger partial charge < -0.3 is 39.9 Å². The van der Waals surface area contributed by atoms with Gasteiger partial charge in [-0.25, -0.2) is 19.2 Å². The number of nitrogens with zero attached hydrogens (tertiary/aromatic N) is 3. The van der Waals surface area contributed by atoms with Crippen LogP contribution in [-0.4, -0.2) is 120 Å². The number of carboxylic acid groups (broad SMARTS) is 4. The molecule has 296 valence electrons. The highest BCUT2D eigenvalue weighted by Gasteiger charge is 2.47. The molecule has 2 aliphatic rings. The molecule has 2 heterocycles. The van der Waals surface area contributed by atoms with E-state index in [1.807, 2.05) is 54.4 Å². The standard InChI is InChI=1S/C35H42ClN3O3S.2C2H2O4/c1-37(2)21-6-20-35(34(41)38(3)31-8-4-5-9-32(31)43-35)28-12-16-30(17-13-28)42-25-7-22-39-23-18-27(19-24-39)33(40)26-10-14-29(36)15-11-26;2*3-1(4)2(5)6/h4-5,8-17,27H,6-7,18-25H2,1-3H3;2*(H,3,4)(H,5,6). The maximum absolute atomic E-state index is 13.9. The van der Waals surface area contributed by atoms with Crippen LogP contribution in [0.4, 0.5) is 5.69 Å². The number of carboxylic acids is 4. The minimum atomic E-state index is -1.82. The Morgan fingerprint density at radius 3 is 1.95 bits per heavy atom. The highest BCUT2D eigenvalue weighted by atomic mass is 35.5. The lowest BCUT2D eigenvalue weighted by Gasteiger charge is -2.41. The molecule has 0 saturated carbocycles. The van der Waals surface area contributed by atoms with Crippen molar-refractivity contribution in [2.75, 3.05) is 58.8 Å². The number of Topliss-reactive ketones (excluding diaryl/α,β-unsaturated/α-hetero) is 1. The van der Waals surface area contributed by atoms with Crippen molar-refractivity contribution in [2.45, 2.75) is 41.7 Å². The SMILES string of the molecule is CN(C)CCCC1(c2ccc(OCCCN3CCC(C(=O)c4ccc(Cl)cc4)CC3)cc2)Sc2ccccc2N(C)C1=O.O=C(O)C(=O)O.O=C(O)C(=O)O. The largest absolute Gasteiger partial charge is 0.494 e. The van der Waals surface area contributed by atoms with Gasteiger partial charge in [0.05, 0.1) is 12.3 Å². The highest BCUT2D eigenvalue weighted by molar-refractivity contribution is 8.01. The van der Waals surface area contributed by atoms with Crippen LogP contribution in [0.15, 0.2) is 77.7 Å². The Balaban J connectivity index is 0.000000587. The van der Waals surface area contributed by atoms with Crippen LogP contribution in [0.1, 0.15) is 48.0 Å². The van der Waals surface area contributed by atoms with E-state index >= 15 is 0 Å². The van der Waals surface area contributed by atoms with E-state index in [4.69, 9.17) is 55.9 Å². The van der Waals surface area contributed by atoms with Crippen LogP contribution in [0.3, 0.4) is 0 Å². The molecule has 1 saturated heterocycles. The molecule has 55 heavy (non-hydrogen) atoms. The second kappa shape index (κ2) is 21.2. The van der Waals surface area contributed by atoms with Crippen LogP contribution in [-0.2, 0) is 28.7 Å². The van der Waals surface area contributed by atoms with E-state index in [2.05, 4.69) is 42.1 Å². The number of piperidine rings is 1. The molecule has 2 aliphatic heterocycles. The van der Waals surface area contributed by atoms with Gasteiger partial charge in [0.25, 0.3) is 0 Å². The predicted octanol–water partition coefficient (Wildman–Crippen LogP) is 5.32. The number of aliphatic carboxylic acids is 4. The Hall–Kier alpha value is -4.96. The van der Waals surface area contributed by atoms with E-state index in [-0.39, 0.29) is 17.6 Å². The second-order valence-electron chi connectivity index (χ2n) is 13.1. The number of likely N-dealkylation sites (tertiary alicyclic amines) is 1. The lowest BCUT2D eigenvalue weighted by molar-refractivity contribution is -0.159. The molecular weight excluding hydrogens is 754 g/mol. The highest BCUT2D eigenvalue weighted by Crippen LogP contribution is 2.53. The van der Waals surface area contributed by atoms with Crippen molar-refractivity contribution >= 4 is 64.6 Å². The van der Waals surface area contributed by atoms with Crippen LogP contribution in [0.2, 0.25) is 5.02 Å². The normalized spacial score (nSPS) is 16.8. The Labute approximate surface area is 328 Å². The summed E-state index contributed by atoms with van der Waals surface area (Å²) in [7, 11) is 6.03. The topological polar surface area (TPSA) is 202 Å². The number of halogens is 1. The monoisotopic (exact) mass is 799 g/mol. The van der Waals surface area contributed by atoms with Gasteiger partial charge in [0.1, 0.15) is 10.5 Å². The first-order chi connectivity index (χ1) is 26.0. The number of anilines is 1. The summed E-state index contributed by atoms with van der Waals surface area (Å²) >= 11 is 7.65. The van der Waals surface area contributed by atoms with Gasteiger partial charge in [-0.2, -0.15) is 0 Å². The molecule has 1 amide bonds. The molecule has 3 aromatic carbocycles. The number of carbonyl (C=O) groups is 6. The number of ketones is 1. The fraction of sp³-hybridized carbons (Fsp3) is 0.385. The summed E-state index contributed by atoms with van der Waals surface area (Å²) in [4.78, 5) is 70.7. The lowest BCUT2D eigenvalue weighted by Crippen LogP contribution is -2.46. The van der Waals surface area contributed by atoms with Gasteiger partial charge in [-0.05, 0) is 120 Å². The van der Waals surface area contributed by atoms with Crippen molar-refractivity contribution in [1.82, 2.24) is 9.80 Å². The number of thioether (sulfide) groups is 1. The minimum absolute atomic E-state index is 0.0841. The quantitative estimate of drug-likeness (QED) is 0.104. The van der Waals surface area contributed by atoms with Gasteiger partial charge in [-0.1, -0.05) is 35.9 Å². The number of hydrogen-bond donors (Lipinski definition) is 4. The molecule has 1 atom stereocenters. The zero-order chi connectivity index (χ0) is 40.7. The minimum Gasteiger partial charge on any atom is -0.494 e. The summed E-state index contributed by atoms with van der Waals surface area (Å²) in [6, 6.07) is 23.5. The summed E-state index contributed by atoms with van der Waals surface area (Å²) in [5.41, 5.74) is 2.74. The summed E-state index contributed by atoms with van der Waals surface area (Å²) < 4.78 is 5.45. The van der Waals surface area contributed by atoms with Crippen molar-refractivity contribution in [3.63, 3.8) is 0 Å². The number of benzene rings is 3. The third-order valence-electron chi connectivity index (χ3n) is 8.96. The Bertz CT molecular complexity index is 1750. The molecule has 0 aromatic heterocycles. The van der Waals surface area contributed by atoms with Crippen molar-refractivity contribution in [1.29, 1.82) is 0 Å². The van der Waals surface area contributed by atoms with Crippen LogP contribution in [0, 0.1) is 5.92 Å². The third-order valence-corrected chi connectivity index (χ3v) is 10.7. The van der Waals surface area contributed by atoms with E-state index in [1.54, 1.807) is 23.9 Å². The Morgan fingerprint density at radius 1 is 0.836 bits per heavy atom. The van der Waals surface area contributed by atoms with Crippen LogP contribution in [0.25, 0.3) is 0 Å². The van der Waals surface area contributed by atoms with Gasteiger partial charge in [-0.15, -0.1) is 11.8 Å². The molecule has 14 nitrogen and oxygen atoms in total. The number of likely N-dealkylation sites (N-methyl/N-ethyl adjacent to an activating group) is 1. The van der Waals surface area contributed by atoms with Crippen molar-refractivity contribution in [3.8, 4) is 5.75 Å². The van der Waals surface area contributed by atoms with E-state index in [0.717, 1.165) is 85.7 Å². The predicted molar refractivity (Wildman–Crippen MR) is 207 cm³/mol. The number of rotatable bonds is 12. The molecule has 5 rings (SSSR count). The first-order valence-electron chi connectivity index (χ1n) is 17.4. The van der Waals surface area contributed by atoms with E-state index in [9.17, 15) is 9.59 Å². The number of para-hydroxylation sites is 1. The summed E-state index contributed by atoms with van der Waals surface area (Å²) in [5.74, 6) is -6.04. The van der Waals surface area contributed by atoms with Crippen LogP contribution < -0.4 is 9.64 Å². The number of amides is 1. The molecular formula is C39H46ClN3O11S. The number of ether oxygens (including phenoxy) is 1. The second-order valence-corrected chi connectivity index (χ2v) is 14.9. The average Bonchev–Trinajstić information content (AvgIpc) is 3.16. The molecule has 4 N–H and O–H groups in total. The van der Waals surface area contributed by atoms with Crippen LogP contribution >= 0.6 is 23.4 Å². The lowest BCUT2D eigenvalue weighted by atomic mass is 9.89. The molecule has 0 bridgehead atoms. The first-order valence-corrected chi connectivity index (χ1v) is 18.6. The number of carbonyl (C=O) groups excluding carboxylic acids is 2. The van der Waals surface area contributed by atoms with E-state index in [0.29, 0.717) is 11.6 Å². The zero-order valence-electron chi connectivity index (χ0n) is 30.9. The van der Waals surface area contributed by atoms with Gasteiger partial charge in [0.2, 0.25) is 5.91 Å². The van der Waals surface area contributed by atoms with Gasteiger partial charge in [0, 0.05) is 35.0 Å². The summed E-state index contributed by atoms with van der Waals surface area (Å²) in [6.07, 6.45) is 4.37. The van der Waals surface area contributed by atoms with E-state index < -0.39 is 28.6 Å². The maximum Gasteiger partial charge on any atom is 0.414 e. The fourth-order valence-corrected chi connectivity index (χ4v) is 7.81. The van der Waals surface area contributed by atoms with Crippen molar-refractivity contribution in [2.24, 2.45) is 5.92 Å². The molecule has 1 fully saturated rings. The fourth-order valence-electron chi connectivity index (χ4n) is 6.13. The number of hydrogen-bond acceptors (Lipinski definition) is 10. The van der Waals surface area contributed by atoms with Crippen LogP contribution in [0.5, 0.6) is 5.75 Å². The zero-order valence-corrected chi connectivity index (χ0v) is 32.4. The smallest absolute Gasteiger partial charge is 0.414 e. The molecule has 0 aliphatic carbocycles. The number of fused-ring (bicyclic) bond motifs is 1. The third kappa shape index (κ3) is 13.1. The van der Waals surface area contributed by atoms with Gasteiger partial charge >= 0.3 is 23.9 Å². The van der Waals surface area contributed by atoms with Crippen molar-refractivity contribution in [3.05, 3.63) is 88.9 Å². The van der Waals surface area contributed by atoms with Crippen molar-refractivity contribution < 1.29 is 53.9 Å². The average molecular weight is 800 g/mol. The summed E-state index contributed by atoms with van der Waals surface area (Å²) in [5, 5.41) is 30.2. The molecule has 16 heteroatoms. The molecule has 0 radical (unpaired) electrons. The van der Waals surface area contributed by atoms with Gasteiger partial charge in [0.15, 0.2) is 5.78 Å². The molecule has 3 aromatic rings. The molecule has 1 unspecified atom stereocenters. The van der Waals surface area contributed by atoms with E-state index in [1.165, 1.54) is 0 Å². The maximum atomic E-state index is 13.9. The Kier molecular flexibility index (Phi) is 17.1. The van der Waals surface area contributed by atoms with Gasteiger partial charge in [-0.3, -0.25) is 9.59 Å². The first kappa shape index (κ1) is 44.4.